The second kappa shape index (κ2) is 15.6. The number of aromatic nitrogens is 7. The quantitative estimate of drug-likeness (QED) is 0.139. The van der Waals surface area contributed by atoms with Crippen LogP contribution in [-0.2, 0) is 19.5 Å². The molecular weight excluding hydrogens is 761 g/mol. The lowest BCUT2D eigenvalue weighted by Crippen LogP contribution is -2.52. The molecule has 6 heterocycles. The van der Waals surface area contributed by atoms with Crippen molar-refractivity contribution in [3.05, 3.63) is 124 Å². The third-order valence-corrected chi connectivity index (χ3v) is 11.4. The predicted molar refractivity (Wildman–Crippen MR) is 226 cm³/mol. The molecule has 1 saturated heterocycles. The number of piperazine rings is 1. The van der Waals surface area contributed by atoms with E-state index in [-0.39, 0.29) is 23.2 Å². The number of nitrogens with one attached hydrogen (secondary N) is 2. The van der Waals surface area contributed by atoms with Gasteiger partial charge in [-0.25, -0.2) is 19.3 Å². The van der Waals surface area contributed by atoms with Gasteiger partial charge in [0.1, 0.15) is 17.2 Å². The number of H-pyrrole nitrogens is 1. The van der Waals surface area contributed by atoms with E-state index >= 15 is 0 Å². The van der Waals surface area contributed by atoms with E-state index in [1.165, 1.54) is 10.6 Å². The van der Waals surface area contributed by atoms with Crippen molar-refractivity contribution >= 4 is 22.8 Å². The van der Waals surface area contributed by atoms with Crippen LogP contribution in [0, 0.1) is 6.92 Å². The summed E-state index contributed by atoms with van der Waals surface area (Å²) < 4.78 is 3.45. The number of pyridine rings is 2. The Kier molecular flexibility index (Phi) is 9.96. The molecule has 60 heavy (non-hydrogen) atoms. The Morgan fingerprint density at radius 1 is 0.900 bits per heavy atom. The number of phenols is 2. The van der Waals surface area contributed by atoms with Gasteiger partial charge in [-0.1, -0.05) is 32.0 Å². The molecule has 15 heteroatoms. The minimum atomic E-state index is -0.485. The first-order valence-corrected chi connectivity index (χ1v) is 20.1. The maximum atomic E-state index is 13.6. The van der Waals surface area contributed by atoms with Gasteiger partial charge in [-0.05, 0) is 97.0 Å². The minimum absolute atomic E-state index is 0.0174. The highest BCUT2D eigenvalue weighted by atomic mass is 16.3. The molecule has 0 atom stereocenters. The molecule has 3 aromatic carbocycles. The number of carbonyl (C=O) groups excluding carboxylic acids is 2. The second-order valence-electron chi connectivity index (χ2n) is 15.7. The molecule has 0 radical (unpaired) electrons. The van der Waals surface area contributed by atoms with Crippen LogP contribution in [0.4, 0.5) is 4.79 Å². The second-order valence-corrected chi connectivity index (χ2v) is 15.7. The summed E-state index contributed by atoms with van der Waals surface area (Å²) in [7, 11) is 0. The summed E-state index contributed by atoms with van der Waals surface area (Å²) >= 11 is 0. The number of rotatable bonds is 8. The zero-order valence-corrected chi connectivity index (χ0v) is 33.5. The van der Waals surface area contributed by atoms with E-state index < -0.39 is 17.6 Å². The Morgan fingerprint density at radius 2 is 1.70 bits per heavy atom. The highest BCUT2D eigenvalue weighted by Crippen LogP contribution is 2.40. The lowest BCUT2D eigenvalue weighted by molar-refractivity contribution is 0.0932. The van der Waals surface area contributed by atoms with Crippen molar-refractivity contribution < 1.29 is 19.8 Å². The van der Waals surface area contributed by atoms with E-state index in [9.17, 15) is 24.6 Å². The number of benzene rings is 3. The maximum Gasteiger partial charge on any atom is 0.348 e. The van der Waals surface area contributed by atoms with Crippen LogP contribution in [-0.4, -0.2) is 92.6 Å². The highest BCUT2D eigenvalue weighted by molar-refractivity contribution is 6.08. The number of imide groups is 1. The largest absolute Gasteiger partial charge is 0.508 e. The molecule has 2 aliphatic rings. The number of hydrogen-bond donors (Lipinski definition) is 4. The Labute approximate surface area is 345 Å². The van der Waals surface area contributed by atoms with Gasteiger partial charge in [0, 0.05) is 79.4 Å². The van der Waals surface area contributed by atoms with E-state index in [0.717, 1.165) is 69.8 Å². The molecule has 0 bridgehead atoms. The van der Waals surface area contributed by atoms with Crippen molar-refractivity contribution in [2.24, 2.45) is 0 Å². The third-order valence-electron chi connectivity index (χ3n) is 11.4. The molecule has 0 unspecified atom stereocenters. The number of aromatic hydroxyl groups is 2. The predicted octanol–water partition coefficient (Wildman–Crippen LogP) is 6.16. The normalized spacial score (nSPS) is 14.2. The summed E-state index contributed by atoms with van der Waals surface area (Å²) in [6, 6.07) is 23.2. The first-order valence-electron chi connectivity index (χ1n) is 20.1. The lowest BCUT2D eigenvalue weighted by atomic mass is 9.95. The van der Waals surface area contributed by atoms with Gasteiger partial charge in [-0.2, -0.15) is 10.2 Å². The van der Waals surface area contributed by atoms with Crippen molar-refractivity contribution in [2.45, 2.75) is 52.6 Å². The molecule has 0 saturated carbocycles. The maximum absolute atomic E-state index is 13.6. The Bertz CT molecular complexity index is 2850. The summed E-state index contributed by atoms with van der Waals surface area (Å²) in [6.07, 6.45) is 3.66. The molecule has 4 aromatic heterocycles. The van der Waals surface area contributed by atoms with Gasteiger partial charge in [0.05, 0.1) is 22.5 Å². The molecule has 2 aliphatic heterocycles. The van der Waals surface area contributed by atoms with E-state index in [2.05, 4.69) is 30.1 Å². The summed E-state index contributed by atoms with van der Waals surface area (Å²) in [4.78, 5) is 53.1. The SMILES string of the molecule is Cc1cccc(-c2nn3c(c2-c2ccnc4ccc(C(=O)NC(=O)N5CCN(Cc6ccc(-n7c(-c8cc(C(C)C)c(O)cc8O)n[nH]c7=O)cc6)CC5)cc24)CCC3)n1. The van der Waals surface area contributed by atoms with Gasteiger partial charge in [-0.3, -0.25) is 29.7 Å². The minimum Gasteiger partial charge on any atom is -0.508 e. The van der Waals surface area contributed by atoms with E-state index in [0.29, 0.717) is 55.1 Å². The van der Waals surface area contributed by atoms with Gasteiger partial charge in [0.2, 0.25) is 0 Å². The third kappa shape index (κ3) is 7.17. The topological polar surface area (TPSA) is 187 Å². The van der Waals surface area contributed by atoms with Crippen LogP contribution in [0.25, 0.3) is 50.5 Å². The molecule has 3 amide bonds. The van der Waals surface area contributed by atoms with E-state index in [1.807, 2.05) is 75.4 Å². The van der Waals surface area contributed by atoms with Crippen LogP contribution >= 0.6 is 0 Å². The molecule has 304 valence electrons. The first kappa shape index (κ1) is 38.4. The lowest BCUT2D eigenvalue weighted by Gasteiger charge is -2.34. The standard InChI is InChI=1S/C45H44N10O5/c1-26(2)32-23-34(39(57)24-38(32)56)42-49-50-45(60)55(42)30-12-9-28(10-13-30)25-52-18-20-53(21-19-52)44(59)48-43(58)29-11-14-35-33(22-29)31(15-16-46-35)40-37-8-5-17-54(37)51-41(40)36-7-4-6-27(3)47-36/h4,6-7,9-16,22-24,26,56-57H,5,8,17-21,25H2,1-3H3,(H,50,60)(H,48,58,59). The van der Waals surface area contributed by atoms with E-state index in [4.69, 9.17) is 10.1 Å². The molecule has 15 nitrogen and oxygen atoms in total. The number of carbonyl (C=O) groups is 2. The molecule has 7 aromatic rings. The fourth-order valence-corrected chi connectivity index (χ4v) is 8.29. The smallest absolute Gasteiger partial charge is 0.348 e. The molecule has 9 rings (SSSR count). The van der Waals surface area contributed by atoms with Crippen LogP contribution < -0.4 is 11.0 Å². The Balaban J connectivity index is 0.858. The number of fused-ring (bicyclic) bond motifs is 2. The number of aryl methyl sites for hydroxylation is 2. The molecule has 4 N–H and O–H groups in total. The van der Waals surface area contributed by atoms with Gasteiger partial charge in [0.25, 0.3) is 5.91 Å². The zero-order chi connectivity index (χ0) is 41.7. The van der Waals surface area contributed by atoms with Crippen molar-refractivity contribution in [3.63, 3.8) is 0 Å². The molecule has 0 spiro atoms. The number of urea groups is 1. The van der Waals surface area contributed by atoms with Crippen LogP contribution in [0.1, 0.15) is 59.1 Å². The summed E-state index contributed by atoms with van der Waals surface area (Å²) in [5, 5.41) is 36.0. The number of aromatic amines is 1. The van der Waals surface area contributed by atoms with Crippen molar-refractivity contribution in [1.29, 1.82) is 0 Å². The number of phenolic OH excluding ortho intramolecular Hbond substituents is 2. The van der Waals surface area contributed by atoms with Crippen LogP contribution in [0.2, 0.25) is 0 Å². The average molecular weight is 805 g/mol. The van der Waals surface area contributed by atoms with E-state index in [1.54, 1.807) is 29.3 Å². The Hall–Kier alpha value is -7.13. The number of hydrogen-bond acceptors (Lipinski definition) is 10. The van der Waals surface area contributed by atoms with Crippen molar-refractivity contribution in [1.82, 2.24) is 49.6 Å². The number of amides is 3. The van der Waals surface area contributed by atoms with Crippen molar-refractivity contribution in [3.8, 4) is 51.1 Å². The number of nitrogens with zero attached hydrogens (tertiary/aromatic N) is 8. The molecular formula is C45H44N10O5. The summed E-state index contributed by atoms with van der Waals surface area (Å²) in [6.45, 7) is 9.35. The fraction of sp³-hybridized carbons (Fsp3) is 0.267. The molecule has 1 fully saturated rings. The van der Waals surface area contributed by atoms with Crippen LogP contribution in [0.15, 0.2) is 89.9 Å². The van der Waals surface area contributed by atoms with Gasteiger partial charge < -0.3 is 15.1 Å². The summed E-state index contributed by atoms with van der Waals surface area (Å²) in [5.74, 6) is -0.489. The zero-order valence-electron chi connectivity index (χ0n) is 33.5. The highest BCUT2D eigenvalue weighted by Gasteiger charge is 2.27. The monoisotopic (exact) mass is 804 g/mol. The van der Waals surface area contributed by atoms with Crippen LogP contribution in [0.3, 0.4) is 0 Å². The first-order chi connectivity index (χ1) is 29.0. The molecule has 0 aliphatic carbocycles. The van der Waals surface area contributed by atoms with Gasteiger partial charge in [0.15, 0.2) is 5.82 Å². The van der Waals surface area contributed by atoms with Crippen molar-refractivity contribution in [2.75, 3.05) is 26.2 Å². The van der Waals surface area contributed by atoms with Gasteiger partial charge >= 0.3 is 11.7 Å². The van der Waals surface area contributed by atoms with Crippen LogP contribution in [0.5, 0.6) is 11.5 Å². The Morgan fingerprint density at radius 3 is 2.47 bits per heavy atom. The fourth-order valence-electron chi connectivity index (χ4n) is 8.29. The average Bonchev–Trinajstić information content (AvgIpc) is 3.96. The van der Waals surface area contributed by atoms with Gasteiger partial charge in [-0.15, -0.1) is 0 Å². The summed E-state index contributed by atoms with van der Waals surface area (Å²) in [5.41, 5.74) is 8.69.